The molecule has 3 nitrogen and oxygen atoms in total. The minimum Gasteiger partial charge on any atom is -0.381 e. The van der Waals surface area contributed by atoms with Crippen molar-refractivity contribution in [3.63, 3.8) is 0 Å². The van der Waals surface area contributed by atoms with Gasteiger partial charge in [0.05, 0.1) is 6.61 Å². The van der Waals surface area contributed by atoms with Crippen molar-refractivity contribution in [1.29, 1.82) is 0 Å². The Bertz CT molecular complexity index is 340. The number of ether oxygens (including phenoxy) is 1. The quantitative estimate of drug-likeness (QED) is 0.816. The van der Waals surface area contributed by atoms with E-state index in [1.807, 2.05) is 6.07 Å². The van der Waals surface area contributed by atoms with Crippen LogP contribution >= 0.6 is 0 Å². The number of nitrogens with two attached hydrogens (primary N) is 1. The van der Waals surface area contributed by atoms with E-state index in [-0.39, 0.29) is 11.9 Å². The molecule has 0 aromatic heterocycles. The Hall–Kier alpha value is -1.13. The van der Waals surface area contributed by atoms with Crippen LogP contribution in [-0.4, -0.2) is 25.8 Å². The molecule has 1 heterocycles. The molecule has 0 amide bonds. The third-order valence-electron chi connectivity index (χ3n) is 2.96. The molecular weight excluding hydrogens is 207 g/mol. The van der Waals surface area contributed by atoms with Crippen molar-refractivity contribution in [1.82, 2.24) is 0 Å². The topological polar surface area (TPSA) is 47.3 Å². The first-order valence-electron chi connectivity index (χ1n) is 5.59. The van der Waals surface area contributed by atoms with E-state index >= 15 is 0 Å². The van der Waals surface area contributed by atoms with E-state index in [0.29, 0.717) is 12.5 Å². The molecule has 1 aliphatic rings. The summed E-state index contributed by atoms with van der Waals surface area (Å²) < 4.78 is 18.3. The van der Waals surface area contributed by atoms with Crippen molar-refractivity contribution >= 4 is 5.69 Å². The summed E-state index contributed by atoms with van der Waals surface area (Å²) in [6.45, 7) is 2.07. The van der Waals surface area contributed by atoms with Gasteiger partial charge in [-0.25, -0.2) is 4.39 Å². The third-order valence-corrected chi connectivity index (χ3v) is 2.96. The Morgan fingerprint density at radius 1 is 1.56 bits per heavy atom. The Balaban J connectivity index is 2.00. The van der Waals surface area contributed by atoms with Crippen LogP contribution in [0.1, 0.15) is 6.42 Å². The molecule has 16 heavy (non-hydrogen) atoms. The number of hydrogen-bond acceptors (Lipinski definition) is 3. The number of nitrogens with one attached hydrogen (secondary N) is 1. The Morgan fingerprint density at radius 3 is 3.06 bits per heavy atom. The zero-order valence-corrected chi connectivity index (χ0v) is 9.16. The maximum atomic E-state index is 13.0. The van der Waals surface area contributed by atoms with Gasteiger partial charge < -0.3 is 15.8 Å². The zero-order chi connectivity index (χ0) is 11.4. The summed E-state index contributed by atoms with van der Waals surface area (Å²) in [4.78, 5) is 0. The average Bonchev–Trinajstić information content (AvgIpc) is 2.79. The fourth-order valence-electron chi connectivity index (χ4n) is 2.03. The molecule has 0 bridgehead atoms. The van der Waals surface area contributed by atoms with Crippen LogP contribution in [0.3, 0.4) is 0 Å². The highest BCUT2D eigenvalue weighted by molar-refractivity contribution is 5.44. The summed E-state index contributed by atoms with van der Waals surface area (Å²) in [7, 11) is 0. The lowest BCUT2D eigenvalue weighted by Gasteiger charge is -2.23. The van der Waals surface area contributed by atoms with Crippen molar-refractivity contribution in [2.75, 3.05) is 25.1 Å². The van der Waals surface area contributed by atoms with Crippen LogP contribution in [-0.2, 0) is 4.74 Å². The van der Waals surface area contributed by atoms with E-state index in [0.717, 1.165) is 25.3 Å². The van der Waals surface area contributed by atoms with Gasteiger partial charge in [-0.3, -0.25) is 0 Å². The van der Waals surface area contributed by atoms with Gasteiger partial charge in [0, 0.05) is 30.8 Å². The first kappa shape index (κ1) is 11.4. The number of anilines is 1. The standard InChI is InChI=1S/C12H17FN2O/c13-10-2-1-3-11(6-10)15-12(7-14)9-4-5-16-8-9/h1-3,6,9,12,15H,4-5,7-8,14H2. The van der Waals surface area contributed by atoms with E-state index in [1.54, 1.807) is 6.07 Å². The minimum absolute atomic E-state index is 0.157. The highest BCUT2D eigenvalue weighted by atomic mass is 19.1. The predicted octanol–water partition coefficient (Wildman–Crippen LogP) is 1.60. The van der Waals surface area contributed by atoms with Crippen LogP contribution in [0, 0.1) is 11.7 Å². The Labute approximate surface area is 94.8 Å². The molecule has 0 spiro atoms. The molecule has 1 fully saturated rings. The normalized spacial score (nSPS) is 22.0. The molecule has 2 atom stereocenters. The predicted molar refractivity (Wildman–Crippen MR) is 61.8 cm³/mol. The zero-order valence-electron chi connectivity index (χ0n) is 9.16. The maximum Gasteiger partial charge on any atom is 0.125 e. The van der Waals surface area contributed by atoms with Crippen molar-refractivity contribution in [2.24, 2.45) is 11.7 Å². The number of benzene rings is 1. The van der Waals surface area contributed by atoms with E-state index in [2.05, 4.69) is 5.32 Å². The van der Waals surface area contributed by atoms with Gasteiger partial charge in [0.2, 0.25) is 0 Å². The molecule has 1 aromatic rings. The molecule has 4 heteroatoms. The molecule has 3 N–H and O–H groups in total. The molecule has 2 rings (SSSR count). The van der Waals surface area contributed by atoms with Gasteiger partial charge >= 0.3 is 0 Å². The molecule has 88 valence electrons. The Kier molecular flexibility index (Phi) is 3.74. The molecular formula is C12H17FN2O. The van der Waals surface area contributed by atoms with Crippen molar-refractivity contribution in [3.05, 3.63) is 30.1 Å². The first-order chi connectivity index (χ1) is 7.79. The van der Waals surface area contributed by atoms with Crippen LogP contribution in [0.15, 0.2) is 24.3 Å². The van der Waals surface area contributed by atoms with Crippen LogP contribution in [0.5, 0.6) is 0 Å². The molecule has 1 aromatic carbocycles. The fraction of sp³-hybridized carbons (Fsp3) is 0.500. The number of hydrogen-bond donors (Lipinski definition) is 2. The third kappa shape index (κ3) is 2.71. The van der Waals surface area contributed by atoms with Crippen LogP contribution in [0.4, 0.5) is 10.1 Å². The van der Waals surface area contributed by atoms with Crippen LogP contribution < -0.4 is 11.1 Å². The summed E-state index contributed by atoms with van der Waals surface area (Å²) in [5.41, 5.74) is 6.51. The average molecular weight is 224 g/mol. The lowest BCUT2D eigenvalue weighted by molar-refractivity contribution is 0.182. The largest absolute Gasteiger partial charge is 0.381 e. The van der Waals surface area contributed by atoms with Gasteiger partial charge in [-0.1, -0.05) is 6.07 Å². The second kappa shape index (κ2) is 5.27. The smallest absolute Gasteiger partial charge is 0.125 e. The van der Waals surface area contributed by atoms with Crippen LogP contribution in [0.2, 0.25) is 0 Å². The lowest BCUT2D eigenvalue weighted by Crippen LogP contribution is -2.36. The highest BCUT2D eigenvalue weighted by Gasteiger charge is 2.24. The van der Waals surface area contributed by atoms with Gasteiger partial charge in [-0.2, -0.15) is 0 Å². The SMILES string of the molecule is NCC(Nc1cccc(F)c1)C1CCOC1. The van der Waals surface area contributed by atoms with Crippen molar-refractivity contribution in [3.8, 4) is 0 Å². The fourth-order valence-corrected chi connectivity index (χ4v) is 2.03. The van der Waals surface area contributed by atoms with E-state index in [9.17, 15) is 4.39 Å². The molecule has 0 aliphatic carbocycles. The van der Waals surface area contributed by atoms with Gasteiger partial charge in [0.15, 0.2) is 0 Å². The van der Waals surface area contributed by atoms with E-state index in [1.165, 1.54) is 12.1 Å². The van der Waals surface area contributed by atoms with Gasteiger partial charge in [0.25, 0.3) is 0 Å². The molecule has 1 saturated heterocycles. The first-order valence-corrected chi connectivity index (χ1v) is 5.59. The monoisotopic (exact) mass is 224 g/mol. The summed E-state index contributed by atoms with van der Waals surface area (Å²) in [6, 6.07) is 6.61. The molecule has 0 radical (unpaired) electrons. The Morgan fingerprint density at radius 2 is 2.44 bits per heavy atom. The lowest BCUT2D eigenvalue weighted by atomic mass is 9.99. The van der Waals surface area contributed by atoms with E-state index < -0.39 is 0 Å². The second-order valence-electron chi connectivity index (χ2n) is 4.12. The van der Waals surface area contributed by atoms with Gasteiger partial charge in [-0.05, 0) is 24.6 Å². The second-order valence-corrected chi connectivity index (χ2v) is 4.12. The van der Waals surface area contributed by atoms with Gasteiger partial charge in [-0.15, -0.1) is 0 Å². The summed E-state index contributed by atoms with van der Waals surface area (Å²) in [5, 5.41) is 3.27. The maximum absolute atomic E-state index is 13.0. The molecule has 0 saturated carbocycles. The number of rotatable bonds is 4. The minimum atomic E-state index is -0.233. The molecule has 1 aliphatic heterocycles. The summed E-state index contributed by atoms with van der Waals surface area (Å²) >= 11 is 0. The van der Waals surface area contributed by atoms with Crippen molar-refractivity contribution in [2.45, 2.75) is 12.5 Å². The summed E-state index contributed by atoms with van der Waals surface area (Å²) in [6.07, 6.45) is 1.02. The van der Waals surface area contributed by atoms with E-state index in [4.69, 9.17) is 10.5 Å². The van der Waals surface area contributed by atoms with Crippen molar-refractivity contribution < 1.29 is 9.13 Å². The van der Waals surface area contributed by atoms with Gasteiger partial charge in [0.1, 0.15) is 5.82 Å². The van der Waals surface area contributed by atoms with Crippen LogP contribution in [0.25, 0.3) is 0 Å². The number of halogens is 1. The molecule has 2 unspecified atom stereocenters. The summed E-state index contributed by atoms with van der Waals surface area (Å²) in [5.74, 6) is 0.191. The highest BCUT2D eigenvalue weighted by Crippen LogP contribution is 2.20.